The fraction of sp³-hybridized carbons (Fsp3) is 0.438. The second-order valence-electron chi connectivity index (χ2n) is 6.27. The van der Waals surface area contributed by atoms with Crippen molar-refractivity contribution in [2.75, 3.05) is 5.32 Å². The van der Waals surface area contributed by atoms with E-state index in [1.54, 1.807) is 45.0 Å². The molecule has 0 bridgehead atoms. The third-order valence-corrected chi connectivity index (χ3v) is 3.00. The Balaban J connectivity index is 1.93. The molecule has 1 aliphatic rings. The minimum Gasteiger partial charge on any atom is -0.481 e. The fourth-order valence-electron chi connectivity index (χ4n) is 2.07. The van der Waals surface area contributed by atoms with Gasteiger partial charge in [-0.05, 0) is 38.5 Å². The lowest BCUT2D eigenvalue weighted by Gasteiger charge is -2.19. The second kappa shape index (κ2) is 6.68. The summed E-state index contributed by atoms with van der Waals surface area (Å²) in [5.74, 6) is -0.914. The van der Waals surface area contributed by atoms with Gasteiger partial charge >= 0.3 is 12.1 Å². The SMILES string of the molecule is CC(C)(C)OC(=O)Nc1ccc(C2=NOC(CC(=O)O)C2)cc1. The van der Waals surface area contributed by atoms with E-state index in [-0.39, 0.29) is 6.42 Å². The largest absolute Gasteiger partial charge is 0.481 e. The Morgan fingerprint density at radius 1 is 1.35 bits per heavy atom. The first-order valence-electron chi connectivity index (χ1n) is 7.28. The van der Waals surface area contributed by atoms with Gasteiger partial charge in [-0.2, -0.15) is 0 Å². The quantitative estimate of drug-likeness (QED) is 0.889. The average Bonchev–Trinajstić information content (AvgIpc) is 2.85. The maximum absolute atomic E-state index is 11.7. The molecule has 1 atom stereocenters. The number of ether oxygens (including phenoxy) is 1. The van der Waals surface area contributed by atoms with Crippen LogP contribution < -0.4 is 5.32 Å². The van der Waals surface area contributed by atoms with Gasteiger partial charge in [0.2, 0.25) is 0 Å². The van der Waals surface area contributed by atoms with Crippen molar-refractivity contribution in [3.05, 3.63) is 29.8 Å². The molecule has 23 heavy (non-hydrogen) atoms. The molecule has 2 N–H and O–H groups in total. The predicted molar refractivity (Wildman–Crippen MR) is 84.6 cm³/mol. The molecular weight excluding hydrogens is 300 g/mol. The van der Waals surface area contributed by atoms with Gasteiger partial charge in [-0.15, -0.1) is 0 Å². The molecule has 0 aromatic heterocycles. The standard InChI is InChI=1S/C16H20N2O5/c1-16(2,3)22-15(21)17-11-6-4-10(5-7-11)13-8-12(23-18-13)9-14(19)20/h4-7,12H,8-9H2,1-3H3,(H,17,21)(H,19,20). The first kappa shape index (κ1) is 16.8. The van der Waals surface area contributed by atoms with E-state index in [0.717, 1.165) is 5.56 Å². The number of carbonyl (C=O) groups excluding carboxylic acids is 1. The van der Waals surface area contributed by atoms with Crippen molar-refractivity contribution in [1.82, 2.24) is 0 Å². The summed E-state index contributed by atoms with van der Waals surface area (Å²) < 4.78 is 5.17. The number of carbonyl (C=O) groups is 2. The van der Waals surface area contributed by atoms with Crippen molar-refractivity contribution < 1.29 is 24.3 Å². The first-order chi connectivity index (χ1) is 10.7. The van der Waals surface area contributed by atoms with Gasteiger partial charge in [-0.1, -0.05) is 17.3 Å². The topological polar surface area (TPSA) is 97.2 Å². The molecule has 1 amide bonds. The summed E-state index contributed by atoms with van der Waals surface area (Å²) in [5, 5.41) is 15.3. The molecule has 0 fully saturated rings. The molecule has 7 nitrogen and oxygen atoms in total. The van der Waals surface area contributed by atoms with E-state index >= 15 is 0 Å². The number of rotatable bonds is 4. The lowest BCUT2D eigenvalue weighted by molar-refractivity contribution is -0.139. The molecule has 1 heterocycles. The number of carboxylic acid groups (broad SMARTS) is 1. The second-order valence-corrected chi connectivity index (χ2v) is 6.27. The number of aliphatic carboxylic acids is 1. The van der Waals surface area contributed by atoms with E-state index in [9.17, 15) is 9.59 Å². The van der Waals surface area contributed by atoms with Crippen molar-refractivity contribution in [3.8, 4) is 0 Å². The van der Waals surface area contributed by atoms with Crippen LogP contribution >= 0.6 is 0 Å². The third-order valence-electron chi connectivity index (χ3n) is 3.00. The number of hydrogen-bond acceptors (Lipinski definition) is 5. The van der Waals surface area contributed by atoms with E-state index in [2.05, 4.69) is 10.5 Å². The number of benzene rings is 1. The lowest BCUT2D eigenvalue weighted by atomic mass is 10.0. The van der Waals surface area contributed by atoms with Crippen LogP contribution in [0.4, 0.5) is 10.5 Å². The zero-order chi connectivity index (χ0) is 17.0. The fourth-order valence-corrected chi connectivity index (χ4v) is 2.07. The summed E-state index contributed by atoms with van der Waals surface area (Å²) in [4.78, 5) is 27.4. The summed E-state index contributed by atoms with van der Waals surface area (Å²) in [7, 11) is 0. The molecule has 1 aromatic rings. The minimum atomic E-state index is -0.914. The van der Waals surface area contributed by atoms with E-state index in [4.69, 9.17) is 14.7 Å². The van der Waals surface area contributed by atoms with Crippen molar-refractivity contribution >= 4 is 23.5 Å². The Bertz CT molecular complexity index is 616. The summed E-state index contributed by atoms with van der Waals surface area (Å²) in [6.07, 6.45) is -0.577. The van der Waals surface area contributed by atoms with Crippen LogP contribution in [0.2, 0.25) is 0 Å². The van der Waals surface area contributed by atoms with E-state index < -0.39 is 23.8 Å². The van der Waals surface area contributed by atoms with E-state index in [0.29, 0.717) is 17.8 Å². The van der Waals surface area contributed by atoms with Gasteiger partial charge in [0, 0.05) is 12.1 Å². The number of anilines is 1. The molecule has 1 aromatic carbocycles. The highest BCUT2D eigenvalue weighted by Crippen LogP contribution is 2.20. The number of carboxylic acids is 1. The van der Waals surface area contributed by atoms with Crippen molar-refractivity contribution in [2.45, 2.75) is 45.3 Å². The van der Waals surface area contributed by atoms with Crippen LogP contribution in [0.5, 0.6) is 0 Å². The molecule has 1 aliphatic heterocycles. The summed E-state index contributed by atoms with van der Waals surface area (Å²) in [6, 6.07) is 7.04. The summed E-state index contributed by atoms with van der Waals surface area (Å²) >= 11 is 0. The molecule has 7 heteroatoms. The highest BCUT2D eigenvalue weighted by Gasteiger charge is 2.24. The van der Waals surface area contributed by atoms with Crippen LogP contribution in [0.25, 0.3) is 0 Å². The smallest absolute Gasteiger partial charge is 0.412 e. The molecule has 2 rings (SSSR count). The highest BCUT2D eigenvalue weighted by molar-refractivity contribution is 6.01. The molecular formula is C16H20N2O5. The Hall–Kier alpha value is -2.57. The van der Waals surface area contributed by atoms with Gasteiger partial charge in [-0.3, -0.25) is 10.1 Å². The van der Waals surface area contributed by atoms with Crippen LogP contribution in [0.1, 0.15) is 39.2 Å². The van der Waals surface area contributed by atoms with Crippen molar-refractivity contribution in [2.24, 2.45) is 5.16 Å². The monoisotopic (exact) mass is 320 g/mol. The first-order valence-corrected chi connectivity index (χ1v) is 7.28. The number of hydrogen-bond donors (Lipinski definition) is 2. The van der Waals surface area contributed by atoms with Gasteiger partial charge in [0.1, 0.15) is 11.7 Å². The van der Waals surface area contributed by atoms with Gasteiger partial charge < -0.3 is 14.7 Å². The van der Waals surface area contributed by atoms with Crippen LogP contribution in [-0.4, -0.2) is 34.6 Å². The Labute approximate surface area is 134 Å². The molecule has 0 aliphatic carbocycles. The van der Waals surface area contributed by atoms with Crippen LogP contribution in [0.3, 0.4) is 0 Å². The molecule has 0 saturated heterocycles. The molecule has 1 unspecified atom stereocenters. The predicted octanol–water partition coefficient (Wildman–Crippen LogP) is 3.00. The van der Waals surface area contributed by atoms with Gasteiger partial charge in [0.25, 0.3) is 0 Å². The molecule has 0 radical (unpaired) electrons. The summed E-state index contributed by atoms with van der Waals surface area (Å²) in [5.41, 5.74) is 1.57. The molecule has 0 saturated carbocycles. The van der Waals surface area contributed by atoms with Crippen LogP contribution in [0.15, 0.2) is 29.4 Å². The van der Waals surface area contributed by atoms with E-state index in [1.807, 2.05) is 0 Å². The number of nitrogens with zero attached hydrogens (tertiary/aromatic N) is 1. The maximum atomic E-state index is 11.7. The lowest BCUT2D eigenvalue weighted by Crippen LogP contribution is -2.27. The van der Waals surface area contributed by atoms with Gasteiger partial charge in [-0.25, -0.2) is 4.79 Å². The average molecular weight is 320 g/mol. The molecule has 0 spiro atoms. The normalized spacial score (nSPS) is 17.2. The maximum Gasteiger partial charge on any atom is 0.412 e. The number of nitrogens with one attached hydrogen (secondary N) is 1. The van der Waals surface area contributed by atoms with Gasteiger partial charge in [0.05, 0.1) is 12.1 Å². The number of amides is 1. The Kier molecular flexibility index (Phi) is 4.88. The van der Waals surface area contributed by atoms with Crippen LogP contribution in [-0.2, 0) is 14.4 Å². The zero-order valence-electron chi connectivity index (χ0n) is 13.3. The number of oxime groups is 1. The zero-order valence-corrected chi connectivity index (χ0v) is 13.3. The van der Waals surface area contributed by atoms with Crippen molar-refractivity contribution in [3.63, 3.8) is 0 Å². The Morgan fingerprint density at radius 3 is 2.57 bits per heavy atom. The molecule has 124 valence electrons. The van der Waals surface area contributed by atoms with Gasteiger partial charge in [0.15, 0.2) is 0 Å². The summed E-state index contributed by atoms with van der Waals surface area (Å²) in [6.45, 7) is 5.38. The minimum absolute atomic E-state index is 0.0781. The Morgan fingerprint density at radius 2 is 2.00 bits per heavy atom. The highest BCUT2D eigenvalue weighted by atomic mass is 16.6. The van der Waals surface area contributed by atoms with E-state index in [1.165, 1.54) is 0 Å². The van der Waals surface area contributed by atoms with Crippen molar-refractivity contribution in [1.29, 1.82) is 0 Å². The van der Waals surface area contributed by atoms with Crippen LogP contribution in [0, 0.1) is 0 Å². The third kappa shape index (κ3) is 5.28.